The summed E-state index contributed by atoms with van der Waals surface area (Å²) in [6.07, 6.45) is 4.18. The predicted molar refractivity (Wildman–Crippen MR) is 84.0 cm³/mol. The topological polar surface area (TPSA) is 12.0 Å². The fourth-order valence-corrected chi connectivity index (χ4v) is 4.85. The summed E-state index contributed by atoms with van der Waals surface area (Å²) in [5.41, 5.74) is 2.35. The molecule has 19 heavy (non-hydrogen) atoms. The van der Waals surface area contributed by atoms with Gasteiger partial charge in [0.2, 0.25) is 0 Å². The normalized spacial score (nSPS) is 35.8. The molecule has 3 atom stereocenters. The van der Waals surface area contributed by atoms with Crippen molar-refractivity contribution in [3.63, 3.8) is 0 Å². The molecule has 0 aliphatic heterocycles. The van der Waals surface area contributed by atoms with Gasteiger partial charge in [0, 0.05) is 17.1 Å². The monoisotopic (exact) mass is 321 g/mol. The summed E-state index contributed by atoms with van der Waals surface area (Å²) in [6.45, 7) is 8.44. The number of benzene rings is 1. The van der Waals surface area contributed by atoms with Crippen LogP contribution in [0.5, 0.6) is 0 Å². The molecule has 3 rings (SSSR count). The summed E-state index contributed by atoms with van der Waals surface area (Å²) < 4.78 is 1.17. The van der Waals surface area contributed by atoms with Crippen LogP contribution < -0.4 is 5.32 Å². The minimum Gasteiger partial charge on any atom is -0.309 e. The van der Waals surface area contributed by atoms with Crippen LogP contribution in [0.4, 0.5) is 0 Å². The lowest BCUT2D eigenvalue weighted by atomic mass is 9.69. The molecule has 104 valence electrons. The second-order valence-electron chi connectivity index (χ2n) is 7.17. The number of halogens is 1. The van der Waals surface area contributed by atoms with Gasteiger partial charge < -0.3 is 5.32 Å². The first kappa shape index (κ1) is 13.6. The molecule has 0 amide bonds. The van der Waals surface area contributed by atoms with Crippen LogP contribution in [0.3, 0.4) is 0 Å². The number of fused-ring (bicyclic) bond motifs is 2. The van der Waals surface area contributed by atoms with Gasteiger partial charge in [-0.05, 0) is 53.7 Å². The lowest BCUT2D eigenvalue weighted by Gasteiger charge is -2.39. The minimum absolute atomic E-state index is 0.476. The van der Waals surface area contributed by atoms with E-state index in [1.54, 1.807) is 0 Å². The Balaban J connectivity index is 1.69. The predicted octanol–water partition coefficient (Wildman–Crippen LogP) is 4.75. The fraction of sp³-hybridized carbons (Fsp3) is 0.647. The van der Waals surface area contributed by atoms with Crippen molar-refractivity contribution >= 4 is 15.9 Å². The van der Waals surface area contributed by atoms with E-state index in [0.717, 1.165) is 12.5 Å². The SMILES string of the molecule is CC1(C)C2CCC1(C)C(NCc1cccc(Br)c1)C2. The highest BCUT2D eigenvalue weighted by molar-refractivity contribution is 9.10. The van der Waals surface area contributed by atoms with Crippen LogP contribution in [0.1, 0.15) is 45.6 Å². The molecule has 1 aromatic rings. The molecule has 0 heterocycles. The van der Waals surface area contributed by atoms with E-state index in [1.807, 2.05) is 0 Å². The van der Waals surface area contributed by atoms with Crippen molar-refractivity contribution in [2.75, 3.05) is 0 Å². The summed E-state index contributed by atoms with van der Waals surface area (Å²) in [6, 6.07) is 9.31. The zero-order chi connectivity index (χ0) is 13.7. The first-order valence-corrected chi connectivity index (χ1v) is 8.20. The Morgan fingerprint density at radius 2 is 2.11 bits per heavy atom. The maximum absolute atomic E-state index is 3.83. The van der Waals surface area contributed by atoms with Crippen LogP contribution in [0.15, 0.2) is 28.7 Å². The average Bonchev–Trinajstić information content (AvgIpc) is 2.69. The van der Waals surface area contributed by atoms with Crippen LogP contribution in [0.2, 0.25) is 0 Å². The quantitative estimate of drug-likeness (QED) is 0.846. The van der Waals surface area contributed by atoms with E-state index in [1.165, 1.54) is 29.3 Å². The van der Waals surface area contributed by atoms with Crippen molar-refractivity contribution in [2.24, 2.45) is 16.7 Å². The molecule has 1 nitrogen and oxygen atoms in total. The smallest absolute Gasteiger partial charge is 0.0208 e. The number of rotatable bonds is 3. The zero-order valence-electron chi connectivity index (χ0n) is 12.2. The Kier molecular flexibility index (Phi) is 3.30. The van der Waals surface area contributed by atoms with Crippen molar-refractivity contribution in [3.05, 3.63) is 34.3 Å². The number of nitrogens with one attached hydrogen (secondary N) is 1. The molecule has 3 unspecified atom stereocenters. The average molecular weight is 322 g/mol. The van der Waals surface area contributed by atoms with Gasteiger partial charge in [-0.25, -0.2) is 0 Å². The molecular formula is C17H24BrN. The third-order valence-corrected chi connectivity index (χ3v) is 6.73. The van der Waals surface area contributed by atoms with E-state index in [2.05, 4.69) is 66.3 Å². The van der Waals surface area contributed by atoms with Gasteiger partial charge in [0.05, 0.1) is 0 Å². The Morgan fingerprint density at radius 1 is 1.32 bits per heavy atom. The molecular weight excluding hydrogens is 298 g/mol. The summed E-state index contributed by atoms with van der Waals surface area (Å²) in [5, 5.41) is 3.83. The molecule has 1 N–H and O–H groups in total. The largest absolute Gasteiger partial charge is 0.309 e. The second kappa shape index (κ2) is 4.60. The lowest BCUT2D eigenvalue weighted by Crippen LogP contribution is -2.44. The van der Waals surface area contributed by atoms with Crippen molar-refractivity contribution in [3.8, 4) is 0 Å². The molecule has 0 spiro atoms. The second-order valence-corrected chi connectivity index (χ2v) is 8.09. The highest BCUT2D eigenvalue weighted by atomic mass is 79.9. The molecule has 2 fully saturated rings. The Hall–Kier alpha value is -0.340. The highest BCUT2D eigenvalue weighted by Gasteiger charge is 2.60. The van der Waals surface area contributed by atoms with Gasteiger partial charge in [-0.3, -0.25) is 0 Å². The third-order valence-electron chi connectivity index (χ3n) is 6.24. The van der Waals surface area contributed by atoms with Gasteiger partial charge in [-0.15, -0.1) is 0 Å². The van der Waals surface area contributed by atoms with E-state index in [4.69, 9.17) is 0 Å². The Bertz CT molecular complexity index is 482. The fourth-order valence-electron chi connectivity index (χ4n) is 4.40. The summed E-state index contributed by atoms with van der Waals surface area (Å²) in [4.78, 5) is 0. The van der Waals surface area contributed by atoms with Gasteiger partial charge in [0.1, 0.15) is 0 Å². The third kappa shape index (κ3) is 2.08. The molecule has 0 aromatic heterocycles. The number of hydrogen-bond donors (Lipinski definition) is 1. The van der Waals surface area contributed by atoms with Crippen molar-refractivity contribution in [2.45, 2.75) is 52.6 Å². The van der Waals surface area contributed by atoms with Crippen molar-refractivity contribution in [1.82, 2.24) is 5.32 Å². The van der Waals surface area contributed by atoms with E-state index < -0.39 is 0 Å². The molecule has 2 heteroatoms. The molecule has 0 radical (unpaired) electrons. The van der Waals surface area contributed by atoms with Gasteiger partial charge in [-0.2, -0.15) is 0 Å². The molecule has 2 bridgehead atoms. The van der Waals surface area contributed by atoms with Gasteiger partial charge in [0.25, 0.3) is 0 Å². The summed E-state index contributed by atoms with van der Waals surface area (Å²) >= 11 is 3.55. The summed E-state index contributed by atoms with van der Waals surface area (Å²) in [5.74, 6) is 0.914. The summed E-state index contributed by atoms with van der Waals surface area (Å²) in [7, 11) is 0. The van der Waals surface area contributed by atoms with Crippen LogP contribution in [-0.2, 0) is 6.54 Å². The molecule has 2 saturated carbocycles. The van der Waals surface area contributed by atoms with Crippen LogP contribution in [-0.4, -0.2) is 6.04 Å². The number of hydrogen-bond acceptors (Lipinski definition) is 1. The van der Waals surface area contributed by atoms with Gasteiger partial charge in [-0.1, -0.05) is 48.8 Å². The van der Waals surface area contributed by atoms with E-state index >= 15 is 0 Å². The van der Waals surface area contributed by atoms with Gasteiger partial charge >= 0.3 is 0 Å². The standard InChI is InChI=1S/C17H24BrN/c1-16(2)13-7-8-17(16,3)15(10-13)19-11-12-5-4-6-14(18)9-12/h4-6,9,13,15,19H,7-8,10-11H2,1-3H3. The Morgan fingerprint density at radius 3 is 2.68 bits per heavy atom. The van der Waals surface area contributed by atoms with E-state index in [-0.39, 0.29) is 0 Å². The maximum Gasteiger partial charge on any atom is 0.0208 e. The van der Waals surface area contributed by atoms with Crippen molar-refractivity contribution in [1.29, 1.82) is 0 Å². The van der Waals surface area contributed by atoms with Gasteiger partial charge in [0.15, 0.2) is 0 Å². The molecule has 2 aliphatic carbocycles. The maximum atomic E-state index is 3.83. The zero-order valence-corrected chi connectivity index (χ0v) is 13.8. The lowest BCUT2D eigenvalue weighted by molar-refractivity contribution is 0.120. The highest BCUT2D eigenvalue weighted by Crippen LogP contribution is 2.65. The van der Waals surface area contributed by atoms with Crippen molar-refractivity contribution < 1.29 is 0 Å². The molecule has 0 saturated heterocycles. The van der Waals surface area contributed by atoms with Crippen LogP contribution >= 0.6 is 15.9 Å². The molecule has 1 aromatic carbocycles. The molecule has 2 aliphatic rings. The van der Waals surface area contributed by atoms with E-state index in [0.29, 0.717) is 16.9 Å². The first-order chi connectivity index (χ1) is 8.93. The van der Waals surface area contributed by atoms with Crippen LogP contribution in [0, 0.1) is 16.7 Å². The van der Waals surface area contributed by atoms with Crippen LogP contribution in [0.25, 0.3) is 0 Å². The Labute approximate surface area is 125 Å². The first-order valence-electron chi connectivity index (χ1n) is 7.41. The van der Waals surface area contributed by atoms with E-state index in [9.17, 15) is 0 Å². The minimum atomic E-state index is 0.476.